The summed E-state index contributed by atoms with van der Waals surface area (Å²) in [5, 5.41) is 10.6. The van der Waals surface area contributed by atoms with E-state index in [0.29, 0.717) is 6.04 Å². The third-order valence-corrected chi connectivity index (χ3v) is 4.49. The van der Waals surface area contributed by atoms with Crippen molar-refractivity contribution in [2.45, 2.75) is 25.8 Å². The van der Waals surface area contributed by atoms with Gasteiger partial charge in [-0.05, 0) is 58.8 Å². The normalized spacial score (nSPS) is 12.6. The fourth-order valence-electron chi connectivity index (χ4n) is 2.70. The number of pyridine rings is 1. The lowest BCUT2D eigenvalue weighted by Gasteiger charge is -2.20. The monoisotopic (exact) mass is 296 g/mol. The van der Waals surface area contributed by atoms with Crippen molar-refractivity contribution in [3.63, 3.8) is 0 Å². The number of thiophene rings is 1. The van der Waals surface area contributed by atoms with Gasteiger partial charge in [-0.15, -0.1) is 0 Å². The number of fused-ring (bicyclic) bond motifs is 1. The Balaban J connectivity index is 1.97. The molecule has 1 atom stereocenters. The number of rotatable bonds is 6. The smallest absolute Gasteiger partial charge is 0.0367 e. The second-order valence-corrected chi connectivity index (χ2v) is 6.07. The van der Waals surface area contributed by atoms with E-state index in [9.17, 15) is 0 Å². The van der Waals surface area contributed by atoms with Crippen molar-refractivity contribution >= 4 is 22.1 Å². The highest BCUT2D eigenvalue weighted by atomic mass is 32.1. The molecular weight excluding hydrogens is 276 g/mol. The lowest BCUT2D eigenvalue weighted by molar-refractivity contribution is 0.533. The fourth-order valence-corrected chi connectivity index (χ4v) is 3.38. The Morgan fingerprint density at radius 1 is 1.24 bits per heavy atom. The molecule has 108 valence electrons. The van der Waals surface area contributed by atoms with Gasteiger partial charge in [-0.3, -0.25) is 4.98 Å². The topological polar surface area (TPSA) is 24.9 Å². The van der Waals surface area contributed by atoms with Crippen molar-refractivity contribution in [1.29, 1.82) is 0 Å². The zero-order valence-corrected chi connectivity index (χ0v) is 13.1. The first kappa shape index (κ1) is 14.2. The van der Waals surface area contributed by atoms with Gasteiger partial charge in [-0.25, -0.2) is 0 Å². The van der Waals surface area contributed by atoms with E-state index in [0.717, 1.165) is 19.4 Å². The van der Waals surface area contributed by atoms with Gasteiger partial charge in [0, 0.05) is 23.8 Å². The first-order chi connectivity index (χ1) is 10.4. The van der Waals surface area contributed by atoms with E-state index in [4.69, 9.17) is 0 Å². The van der Waals surface area contributed by atoms with Crippen LogP contribution in [-0.2, 0) is 6.42 Å². The molecule has 0 aliphatic heterocycles. The third kappa shape index (κ3) is 3.31. The number of hydrogen-bond acceptors (Lipinski definition) is 3. The number of nitrogens with zero attached hydrogens (tertiary/aromatic N) is 1. The molecule has 0 aliphatic rings. The van der Waals surface area contributed by atoms with Crippen LogP contribution in [0.3, 0.4) is 0 Å². The Morgan fingerprint density at radius 2 is 2.19 bits per heavy atom. The number of hydrogen-bond donors (Lipinski definition) is 1. The molecule has 3 rings (SSSR count). The second kappa shape index (κ2) is 6.83. The van der Waals surface area contributed by atoms with Crippen molar-refractivity contribution < 1.29 is 0 Å². The Kier molecular flexibility index (Phi) is 4.63. The van der Waals surface area contributed by atoms with Gasteiger partial charge >= 0.3 is 0 Å². The van der Waals surface area contributed by atoms with E-state index in [1.807, 2.05) is 12.4 Å². The minimum atomic E-state index is 0.340. The van der Waals surface area contributed by atoms with Crippen LogP contribution in [0.5, 0.6) is 0 Å². The summed E-state index contributed by atoms with van der Waals surface area (Å²) in [4.78, 5) is 4.31. The molecule has 1 aromatic carbocycles. The number of aromatic nitrogens is 1. The van der Waals surface area contributed by atoms with Crippen molar-refractivity contribution in [2.24, 2.45) is 0 Å². The summed E-state index contributed by atoms with van der Waals surface area (Å²) in [6, 6.07) is 11.2. The van der Waals surface area contributed by atoms with Crippen LogP contribution in [0.2, 0.25) is 0 Å². The summed E-state index contributed by atoms with van der Waals surface area (Å²) >= 11 is 1.76. The molecule has 1 unspecified atom stereocenters. The van der Waals surface area contributed by atoms with Gasteiger partial charge in [0.25, 0.3) is 0 Å². The molecule has 3 heteroatoms. The maximum absolute atomic E-state index is 4.31. The maximum atomic E-state index is 4.31. The van der Waals surface area contributed by atoms with Gasteiger partial charge in [-0.1, -0.05) is 25.1 Å². The van der Waals surface area contributed by atoms with E-state index >= 15 is 0 Å². The van der Waals surface area contributed by atoms with Crippen LogP contribution in [0.4, 0.5) is 0 Å². The predicted molar refractivity (Wildman–Crippen MR) is 90.8 cm³/mol. The van der Waals surface area contributed by atoms with Crippen LogP contribution in [0.25, 0.3) is 10.8 Å². The molecule has 2 nitrogen and oxygen atoms in total. The summed E-state index contributed by atoms with van der Waals surface area (Å²) < 4.78 is 0. The van der Waals surface area contributed by atoms with Crippen molar-refractivity contribution in [2.75, 3.05) is 6.54 Å². The molecule has 21 heavy (non-hydrogen) atoms. The number of nitrogens with one attached hydrogen (secondary N) is 1. The zero-order valence-electron chi connectivity index (χ0n) is 12.3. The third-order valence-electron chi connectivity index (χ3n) is 3.75. The Bertz CT molecular complexity index is 686. The van der Waals surface area contributed by atoms with Crippen molar-refractivity contribution in [3.8, 4) is 0 Å². The van der Waals surface area contributed by atoms with Crippen LogP contribution in [0.1, 0.15) is 30.5 Å². The van der Waals surface area contributed by atoms with E-state index < -0.39 is 0 Å². The van der Waals surface area contributed by atoms with E-state index in [-0.39, 0.29) is 0 Å². The van der Waals surface area contributed by atoms with Gasteiger partial charge in [0.15, 0.2) is 0 Å². The van der Waals surface area contributed by atoms with Gasteiger partial charge in [-0.2, -0.15) is 11.3 Å². The van der Waals surface area contributed by atoms with Crippen LogP contribution in [0, 0.1) is 0 Å². The lowest BCUT2D eigenvalue weighted by atomic mass is 9.96. The van der Waals surface area contributed by atoms with Crippen molar-refractivity contribution in [1.82, 2.24) is 10.3 Å². The summed E-state index contributed by atoms with van der Waals surface area (Å²) in [6.07, 6.45) is 6.01. The predicted octanol–water partition coefficient (Wildman–Crippen LogP) is 4.58. The maximum Gasteiger partial charge on any atom is 0.0367 e. The van der Waals surface area contributed by atoms with E-state index in [1.165, 1.54) is 21.9 Å². The SMILES string of the molecule is CCCNC(Cc1ccsc1)c1cccc2ccncc12. The first-order valence-corrected chi connectivity index (χ1v) is 8.40. The molecular formula is C18H20N2S. The lowest BCUT2D eigenvalue weighted by Crippen LogP contribution is -2.24. The molecule has 0 fully saturated rings. The van der Waals surface area contributed by atoms with Gasteiger partial charge in [0.1, 0.15) is 0 Å². The Labute approximate surface area is 129 Å². The largest absolute Gasteiger partial charge is 0.310 e. The van der Waals surface area contributed by atoms with E-state index in [1.54, 1.807) is 11.3 Å². The summed E-state index contributed by atoms with van der Waals surface area (Å²) in [5.74, 6) is 0. The van der Waals surface area contributed by atoms with Gasteiger partial charge in [0.2, 0.25) is 0 Å². The average Bonchev–Trinajstić information content (AvgIpc) is 3.04. The molecule has 2 heterocycles. The molecule has 0 radical (unpaired) electrons. The summed E-state index contributed by atoms with van der Waals surface area (Å²) in [5.41, 5.74) is 2.75. The highest BCUT2D eigenvalue weighted by Gasteiger charge is 2.14. The highest BCUT2D eigenvalue weighted by molar-refractivity contribution is 7.07. The second-order valence-electron chi connectivity index (χ2n) is 5.29. The minimum absolute atomic E-state index is 0.340. The summed E-state index contributed by atoms with van der Waals surface area (Å²) in [7, 11) is 0. The standard InChI is InChI=1S/C18H20N2S/c1-2-8-20-18(11-14-7-10-21-13-14)16-5-3-4-15-6-9-19-12-17(15)16/h3-7,9-10,12-13,18,20H,2,8,11H2,1H3. The van der Waals surface area contributed by atoms with Gasteiger partial charge < -0.3 is 5.32 Å². The quantitative estimate of drug-likeness (QED) is 0.720. The van der Waals surface area contributed by atoms with Crippen LogP contribution >= 0.6 is 11.3 Å². The van der Waals surface area contributed by atoms with Crippen LogP contribution in [-0.4, -0.2) is 11.5 Å². The summed E-state index contributed by atoms with van der Waals surface area (Å²) in [6.45, 7) is 3.24. The Morgan fingerprint density at radius 3 is 3.00 bits per heavy atom. The molecule has 3 aromatic rings. The van der Waals surface area contributed by atoms with Crippen molar-refractivity contribution in [3.05, 3.63) is 64.6 Å². The molecule has 0 aliphatic carbocycles. The molecule has 0 saturated heterocycles. The molecule has 0 spiro atoms. The molecule has 0 bridgehead atoms. The van der Waals surface area contributed by atoms with Crippen LogP contribution < -0.4 is 5.32 Å². The molecule has 2 aromatic heterocycles. The zero-order chi connectivity index (χ0) is 14.5. The number of benzene rings is 1. The average molecular weight is 296 g/mol. The fraction of sp³-hybridized carbons (Fsp3) is 0.278. The van der Waals surface area contributed by atoms with Gasteiger partial charge in [0.05, 0.1) is 0 Å². The Hall–Kier alpha value is -1.71. The van der Waals surface area contributed by atoms with E-state index in [2.05, 4.69) is 58.3 Å². The molecule has 0 amide bonds. The molecule has 0 saturated carbocycles. The van der Waals surface area contributed by atoms with Crippen LogP contribution in [0.15, 0.2) is 53.5 Å². The first-order valence-electron chi connectivity index (χ1n) is 7.45. The highest BCUT2D eigenvalue weighted by Crippen LogP contribution is 2.26. The molecule has 1 N–H and O–H groups in total. The minimum Gasteiger partial charge on any atom is -0.310 e.